The lowest BCUT2D eigenvalue weighted by molar-refractivity contribution is 0.963. The van der Waals surface area contributed by atoms with Crippen LogP contribution in [0.1, 0.15) is 11.4 Å². The number of H-pyrrole nitrogens is 1. The third kappa shape index (κ3) is 4.04. The summed E-state index contributed by atoms with van der Waals surface area (Å²) >= 11 is 0. The van der Waals surface area contributed by atoms with Crippen molar-refractivity contribution in [1.29, 1.82) is 0 Å². The number of aromatic nitrogens is 1. The first-order valence-electron chi connectivity index (χ1n) is 3.12. The maximum atomic E-state index is 10.8. The number of hydrogen-bond donors (Lipinski definition) is 2. The average Bonchev–Trinajstić information content (AvgIpc) is 1.85. The van der Waals surface area contributed by atoms with E-state index in [9.17, 15) is 4.79 Å². The molecule has 1 aromatic heterocycles. The van der Waals surface area contributed by atoms with E-state index < -0.39 is 0 Å². The molecule has 3 nitrogen and oxygen atoms in total. The van der Waals surface area contributed by atoms with Crippen LogP contribution in [0.2, 0.25) is 0 Å². The van der Waals surface area contributed by atoms with E-state index in [1.54, 1.807) is 6.07 Å². The highest BCUT2D eigenvalue weighted by Gasteiger charge is 1.91. The molecule has 0 bridgehead atoms. The third-order valence-electron chi connectivity index (χ3n) is 1.25. The second-order valence-corrected chi connectivity index (χ2v) is 2.23. The van der Waals surface area contributed by atoms with Gasteiger partial charge >= 0.3 is 0 Å². The van der Waals surface area contributed by atoms with Gasteiger partial charge in [0, 0.05) is 30.1 Å². The molecule has 0 aromatic carbocycles. The van der Waals surface area contributed by atoms with Crippen molar-refractivity contribution in [1.82, 2.24) is 4.98 Å². The van der Waals surface area contributed by atoms with Gasteiger partial charge in [-0.05, 0) is 6.92 Å². The Balaban J connectivity index is 0. The lowest BCUT2D eigenvalue weighted by Gasteiger charge is -1.96. The molecule has 0 saturated heterocycles. The largest absolute Gasteiger partial charge is 0.361 e. The first-order chi connectivity index (χ1) is 4.72. The van der Waals surface area contributed by atoms with Crippen LogP contribution in [-0.4, -0.2) is 4.98 Å². The van der Waals surface area contributed by atoms with Crippen LogP contribution in [0.25, 0.3) is 0 Å². The monoisotopic (exact) mass is 298 g/mol. The van der Waals surface area contributed by atoms with Crippen LogP contribution in [-0.2, 0) is 6.54 Å². The zero-order chi connectivity index (χ0) is 7.56. The lowest BCUT2D eigenvalue weighted by atomic mass is 10.3. The van der Waals surface area contributed by atoms with Crippen molar-refractivity contribution < 1.29 is 0 Å². The Kier molecular flexibility index (Phi) is 7.67. The van der Waals surface area contributed by atoms with Gasteiger partial charge in [-0.3, -0.25) is 4.79 Å². The maximum Gasteiger partial charge on any atom is 0.182 e. The zero-order valence-corrected chi connectivity index (χ0v) is 10.1. The fourth-order valence-corrected chi connectivity index (χ4v) is 0.862. The van der Waals surface area contributed by atoms with Crippen molar-refractivity contribution in [2.75, 3.05) is 0 Å². The Morgan fingerprint density at radius 1 is 1.42 bits per heavy atom. The number of aromatic amines is 1. The molecule has 3 N–H and O–H groups in total. The average molecular weight is 300 g/mol. The summed E-state index contributed by atoms with van der Waals surface area (Å²) in [6.45, 7) is 2.22. The molecule has 0 spiro atoms. The van der Waals surface area contributed by atoms with Crippen molar-refractivity contribution >= 4 is 34.0 Å². The second-order valence-electron chi connectivity index (χ2n) is 2.23. The number of halogens is 2. The minimum absolute atomic E-state index is 0. The quantitative estimate of drug-likeness (QED) is 0.821. The maximum absolute atomic E-state index is 10.8. The first kappa shape index (κ1) is 14.4. The van der Waals surface area contributed by atoms with Crippen LogP contribution >= 0.6 is 34.0 Å². The molecule has 70 valence electrons. The summed E-state index contributed by atoms with van der Waals surface area (Å²) in [4.78, 5) is 13.8. The molecule has 0 atom stereocenters. The fourth-order valence-electron chi connectivity index (χ4n) is 0.862. The van der Waals surface area contributed by atoms with Gasteiger partial charge in [0.05, 0.1) is 0 Å². The van der Waals surface area contributed by atoms with Gasteiger partial charge in [-0.1, -0.05) is 0 Å². The van der Waals surface area contributed by atoms with Crippen LogP contribution in [0.3, 0.4) is 0 Å². The van der Waals surface area contributed by atoms with E-state index in [0.29, 0.717) is 6.54 Å². The summed E-state index contributed by atoms with van der Waals surface area (Å²) in [5.74, 6) is 0. The molecule has 0 aliphatic heterocycles. The summed E-state index contributed by atoms with van der Waals surface area (Å²) in [6.07, 6.45) is 0. The third-order valence-corrected chi connectivity index (χ3v) is 1.25. The molecular weight excluding hydrogens is 288 g/mol. The molecule has 12 heavy (non-hydrogen) atoms. The summed E-state index contributed by atoms with van der Waals surface area (Å²) in [6, 6.07) is 3.05. The van der Waals surface area contributed by atoms with Crippen LogP contribution in [0, 0.1) is 6.92 Å². The molecular formula is C7H12Br2N2O. The van der Waals surface area contributed by atoms with Gasteiger partial charge in [0.1, 0.15) is 0 Å². The van der Waals surface area contributed by atoms with Gasteiger partial charge in [-0.15, -0.1) is 34.0 Å². The van der Waals surface area contributed by atoms with Gasteiger partial charge in [0.15, 0.2) is 5.43 Å². The molecule has 0 fully saturated rings. The zero-order valence-electron chi connectivity index (χ0n) is 6.66. The molecule has 0 radical (unpaired) electrons. The van der Waals surface area contributed by atoms with E-state index in [1.165, 1.54) is 6.07 Å². The van der Waals surface area contributed by atoms with Gasteiger partial charge in [-0.2, -0.15) is 0 Å². The number of pyridine rings is 1. The molecule has 0 aliphatic carbocycles. The minimum atomic E-state index is 0. The predicted molar refractivity (Wildman–Crippen MR) is 60.3 cm³/mol. The number of aryl methyl sites for hydroxylation is 1. The Hall–Kier alpha value is -0.130. The van der Waals surface area contributed by atoms with Crippen molar-refractivity contribution in [3.63, 3.8) is 0 Å². The molecule has 0 saturated carbocycles. The van der Waals surface area contributed by atoms with Crippen LogP contribution in [0.4, 0.5) is 0 Å². The van der Waals surface area contributed by atoms with Crippen LogP contribution in [0.15, 0.2) is 16.9 Å². The molecule has 0 unspecified atom stereocenters. The highest BCUT2D eigenvalue weighted by Crippen LogP contribution is 1.90. The Bertz CT molecular complexity index is 285. The van der Waals surface area contributed by atoms with E-state index in [0.717, 1.165) is 11.4 Å². The van der Waals surface area contributed by atoms with Gasteiger partial charge in [0.25, 0.3) is 0 Å². The Morgan fingerprint density at radius 3 is 2.42 bits per heavy atom. The molecule has 1 heterocycles. The summed E-state index contributed by atoms with van der Waals surface area (Å²) in [5.41, 5.74) is 6.97. The highest BCUT2D eigenvalue weighted by atomic mass is 79.9. The Morgan fingerprint density at radius 2 is 2.00 bits per heavy atom. The molecule has 1 aromatic rings. The smallest absolute Gasteiger partial charge is 0.182 e. The number of rotatable bonds is 1. The SMILES string of the molecule is Br.Br.Cc1cc(=O)cc(CN)[nH]1. The normalized spacial score (nSPS) is 8.17. The number of nitrogens with two attached hydrogens (primary N) is 1. The van der Waals surface area contributed by atoms with Gasteiger partial charge < -0.3 is 10.7 Å². The van der Waals surface area contributed by atoms with Gasteiger partial charge in [-0.25, -0.2) is 0 Å². The summed E-state index contributed by atoms with van der Waals surface area (Å²) < 4.78 is 0. The van der Waals surface area contributed by atoms with E-state index in [4.69, 9.17) is 5.73 Å². The van der Waals surface area contributed by atoms with Crippen LogP contribution in [0.5, 0.6) is 0 Å². The van der Waals surface area contributed by atoms with E-state index in [2.05, 4.69) is 4.98 Å². The molecule has 5 heteroatoms. The number of hydrogen-bond acceptors (Lipinski definition) is 2. The molecule has 0 amide bonds. The fraction of sp³-hybridized carbons (Fsp3) is 0.286. The van der Waals surface area contributed by atoms with E-state index in [1.807, 2.05) is 6.92 Å². The predicted octanol–water partition coefficient (Wildman–Crippen LogP) is 1.30. The van der Waals surface area contributed by atoms with Gasteiger partial charge in [0.2, 0.25) is 0 Å². The second kappa shape index (κ2) is 6.39. The topological polar surface area (TPSA) is 58.9 Å². The lowest BCUT2D eigenvalue weighted by Crippen LogP contribution is -2.07. The Labute approximate surface area is 91.9 Å². The van der Waals surface area contributed by atoms with Crippen molar-refractivity contribution in [3.05, 3.63) is 33.7 Å². The molecule has 0 aliphatic rings. The highest BCUT2D eigenvalue weighted by molar-refractivity contribution is 8.93. The molecule has 1 rings (SSSR count). The van der Waals surface area contributed by atoms with Crippen molar-refractivity contribution in [2.24, 2.45) is 5.73 Å². The minimum Gasteiger partial charge on any atom is -0.361 e. The van der Waals surface area contributed by atoms with Crippen molar-refractivity contribution in [3.8, 4) is 0 Å². The number of nitrogens with one attached hydrogen (secondary N) is 1. The first-order valence-corrected chi connectivity index (χ1v) is 3.12. The van der Waals surface area contributed by atoms with E-state index in [-0.39, 0.29) is 39.4 Å². The standard InChI is InChI=1S/C7H10N2O.2BrH/c1-5-2-7(10)3-6(4-8)9-5;;/h2-3H,4,8H2,1H3,(H,9,10);2*1H. The van der Waals surface area contributed by atoms with E-state index >= 15 is 0 Å². The van der Waals surface area contributed by atoms with Crippen molar-refractivity contribution in [2.45, 2.75) is 13.5 Å². The summed E-state index contributed by atoms with van der Waals surface area (Å²) in [5, 5.41) is 0. The summed E-state index contributed by atoms with van der Waals surface area (Å²) in [7, 11) is 0. The van der Waals surface area contributed by atoms with Crippen LogP contribution < -0.4 is 11.2 Å².